The fourth-order valence-corrected chi connectivity index (χ4v) is 1.78. The lowest BCUT2D eigenvalue weighted by Gasteiger charge is -2.03. The summed E-state index contributed by atoms with van der Waals surface area (Å²) in [5, 5.41) is 10.9. The van der Waals surface area contributed by atoms with Crippen LogP contribution >= 0.6 is 0 Å². The first-order chi connectivity index (χ1) is 9.04. The molecular weight excluding hydrogens is 250 g/mol. The van der Waals surface area contributed by atoms with Gasteiger partial charge in [0.1, 0.15) is 5.76 Å². The normalized spacial score (nSPS) is 10.2. The van der Waals surface area contributed by atoms with Crippen LogP contribution in [0.3, 0.4) is 0 Å². The van der Waals surface area contributed by atoms with E-state index in [1.807, 2.05) is 0 Å². The molecule has 0 N–H and O–H groups in total. The predicted molar refractivity (Wildman–Crippen MR) is 66.9 cm³/mol. The highest BCUT2D eigenvalue weighted by Gasteiger charge is 2.18. The van der Waals surface area contributed by atoms with Gasteiger partial charge in [-0.1, -0.05) is 12.1 Å². The van der Waals surface area contributed by atoms with Gasteiger partial charge in [0.2, 0.25) is 5.76 Å². The maximum atomic E-state index is 11.3. The molecule has 0 aliphatic rings. The molecule has 6 heteroatoms. The second-order valence-corrected chi connectivity index (χ2v) is 3.86. The number of hydrogen-bond donors (Lipinski definition) is 0. The average Bonchev–Trinajstić information content (AvgIpc) is 2.87. The van der Waals surface area contributed by atoms with E-state index in [0.29, 0.717) is 16.9 Å². The summed E-state index contributed by atoms with van der Waals surface area (Å²) in [5.41, 5.74) is 1.07. The van der Waals surface area contributed by atoms with E-state index >= 15 is 0 Å². The number of furan rings is 1. The Kier molecular flexibility index (Phi) is 3.33. The van der Waals surface area contributed by atoms with Gasteiger partial charge in [0.05, 0.1) is 12.0 Å². The number of nitro groups is 1. The van der Waals surface area contributed by atoms with Crippen LogP contribution in [-0.4, -0.2) is 18.0 Å². The molecule has 1 heterocycles. The molecule has 1 aromatic heterocycles. The third kappa shape index (κ3) is 2.33. The molecule has 0 fully saturated rings. The topological polar surface area (TPSA) is 82.6 Å². The number of rotatable bonds is 3. The quantitative estimate of drug-likeness (QED) is 0.482. The Morgan fingerprint density at radius 2 is 2.05 bits per heavy atom. The molecule has 0 atom stereocenters. The van der Waals surface area contributed by atoms with Crippen molar-refractivity contribution in [3.8, 4) is 11.3 Å². The number of methoxy groups -OCH3 is 1. The van der Waals surface area contributed by atoms with Gasteiger partial charge < -0.3 is 9.15 Å². The number of hydrogen-bond acceptors (Lipinski definition) is 5. The predicted octanol–water partition coefficient (Wildman–Crippen LogP) is 2.95. The van der Waals surface area contributed by atoms with Crippen molar-refractivity contribution in [2.75, 3.05) is 7.11 Å². The molecule has 0 radical (unpaired) electrons. The average molecular weight is 261 g/mol. The molecule has 1 aromatic carbocycles. The van der Waals surface area contributed by atoms with Crippen LogP contribution in [0.5, 0.6) is 0 Å². The van der Waals surface area contributed by atoms with E-state index in [2.05, 4.69) is 4.74 Å². The highest BCUT2D eigenvalue weighted by molar-refractivity contribution is 5.87. The molecule has 0 saturated heterocycles. The minimum atomic E-state index is -0.589. The lowest BCUT2D eigenvalue weighted by Crippen LogP contribution is -1.98. The number of nitro benzene ring substituents is 1. The number of carbonyl (C=O) groups excluding carboxylic acids is 1. The van der Waals surface area contributed by atoms with E-state index < -0.39 is 10.9 Å². The van der Waals surface area contributed by atoms with Crippen LogP contribution in [0.1, 0.15) is 16.1 Å². The summed E-state index contributed by atoms with van der Waals surface area (Å²) < 4.78 is 9.88. The molecule has 2 rings (SSSR count). The van der Waals surface area contributed by atoms with Gasteiger partial charge in [-0.3, -0.25) is 10.1 Å². The van der Waals surface area contributed by atoms with Gasteiger partial charge >= 0.3 is 5.97 Å². The highest BCUT2D eigenvalue weighted by atomic mass is 16.6. The maximum absolute atomic E-state index is 11.3. The summed E-state index contributed by atoms with van der Waals surface area (Å²) in [4.78, 5) is 21.7. The number of benzene rings is 1. The first-order valence-electron chi connectivity index (χ1n) is 5.47. The first-order valence-corrected chi connectivity index (χ1v) is 5.47. The van der Waals surface area contributed by atoms with E-state index in [1.54, 1.807) is 25.1 Å². The van der Waals surface area contributed by atoms with Crippen molar-refractivity contribution >= 4 is 11.7 Å². The molecule has 0 spiro atoms. The molecule has 0 unspecified atom stereocenters. The van der Waals surface area contributed by atoms with Gasteiger partial charge in [0.25, 0.3) is 5.69 Å². The van der Waals surface area contributed by atoms with Gasteiger partial charge in [-0.15, -0.1) is 0 Å². The summed E-state index contributed by atoms with van der Waals surface area (Å²) in [6.07, 6.45) is 0. The van der Waals surface area contributed by atoms with Crippen LogP contribution in [0.2, 0.25) is 0 Å². The Morgan fingerprint density at radius 3 is 2.68 bits per heavy atom. The molecule has 0 saturated carbocycles. The molecule has 98 valence electrons. The number of esters is 1. The van der Waals surface area contributed by atoms with Crippen molar-refractivity contribution in [2.24, 2.45) is 0 Å². The molecule has 0 aliphatic carbocycles. The summed E-state index contributed by atoms with van der Waals surface area (Å²) in [6.45, 7) is 1.63. The van der Waals surface area contributed by atoms with Crippen molar-refractivity contribution in [2.45, 2.75) is 6.92 Å². The van der Waals surface area contributed by atoms with Crippen LogP contribution in [-0.2, 0) is 4.74 Å². The number of ether oxygens (including phenoxy) is 1. The van der Waals surface area contributed by atoms with E-state index in [1.165, 1.54) is 19.2 Å². The van der Waals surface area contributed by atoms with E-state index in [-0.39, 0.29) is 11.4 Å². The lowest BCUT2D eigenvalue weighted by atomic mass is 10.1. The summed E-state index contributed by atoms with van der Waals surface area (Å²) in [6, 6.07) is 7.74. The van der Waals surface area contributed by atoms with Crippen LogP contribution in [0.4, 0.5) is 5.69 Å². The van der Waals surface area contributed by atoms with Crippen LogP contribution in [0.25, 0.3) is 11.3 Å². The summed E-state index contributed by atoms with van der Waals surface area (Å²) >= 11 is 0. The smallest absolute Gasteiger partial charge is 0.373 e. The zero-order chi connectivity index (χ0) is 14.0. The molecule has 0 amide bonds. The number of carbonyl (C=O) groups is 1. The number of nitrogens with zero attached hydrogens (tertiary/aromatic N) is 1. The summed E-state index contributed by atoms with van der Waals surface area (Å²) in [5.74, 6) is -0.139. The van der Waals surface area contributed by atoms with Gasteiger partial charge in [-0.2, -0.15) is 0 Å². The zero-order valence-corrected chi connectivity index (χ0v) is 10.4. The Morgan fingerprint density at radius 1 is 1.32 bits per heavy atom. The Bertz CT molecular complexity index is 644. The van der Waals surface area contributed by atoms with E-state index in [0.717, 1.165) is 0 Å². The standard InChI is InChI=1S/C13H11NO5/c1-8-9(4-3-5-10(8)14(16)17)11-6-7-12(19-11)13(15)18-2/h3-7H,1-2H3. The lowest BCUT2D eigenvalue weighted by molar-refractivity contribution is -0.385. The minimum absolute atomic E-state index is 0.00789. The Labute approximate surface area is 108 Å². The molecule has 2 aromatic rings. The van der Waals surface area contributed by atoms with Gasteiger partial charge in [0, 0.05) is 17.2 Å². The first kappa shape index (κ1) is 12.8. The van der Waals surface area contributed by atoms with Crippen molar-refractivity contribution in [1.29, 1.82) is 0 Å². The second-order valence-electron chi connectivity index (χ2n) is 3.86. The SMILES string of the molecule is COC(=O)c1ccc(-c2cccc([N+](=O)[O-])c2C)o1. The Hall–Kier alpha value is -2.63. The molecule has 19 heavy (non-hydrogen) atoms. The monoisotopic (exact) mass is 261 g/mol. The van der Waals surface area contributed by atoms with Crippen LogP contribution < -0.4 is 0 Å². The molecular formula is C13H11NO5. The highest BCUT2D eigenvalue weighted by Crippen LogP contribution is 2.30. The van der Waals surface area contributed by atoms with E-state index in [9.17, 15) is 14.9 Å². The van der Waals surface area contributed by atoms with Crippen molar-refractivity contribution in [3.63, 3.8) is 0 Å². The van der Waals surface area contributed by atoms with E-state index in [4.69, 9.17) is 4.42 Å². The Balaban J connectivity index is 2.48. The van der Waals surface area contributed by atoms with Crippen molar-refractivity contribution in [1.82, 2.24) is 0 Å². The molecule has 6 nitrogen and oxygen atoms in total. The molecule has 0 bridgehead atoms. The van der Waals surface area contributed by atoms with Crippen LogP contribution in [0, 0.1) is 17.0 Å². The van der Waals surface area contributed by atoms with Gasteiger partial charge in [-0.25, -0.2) is 4.79 Å². The van der Waals surface area contributed by atoms with Crippen molar-refractivity contribution in [3.05, 3.63) is 51.8 Å². The van der Waals surface area contributed by atoms with Gasteiger partial charge in [0.15, 0.2) is 0 Å². The fourth-order valence-electron chi connectivity index (χ4n) is 1.78. The second kappa shape index (κ2) is 4.93. The third-order valence-corrected chi connectivity index (χ3v) is 2.76. The third-order valence-electron chi connectivity index (χ3n) is 2.76. The zero-order valence-electron chi connectivity index (χ0n) is 10.4. The fraction of sp³-hybridized carbons (Fsp3) is 0.154. The largest absolute Gasteiger partial charge is 0.463 e. The van der Waals surface area contributed by atoms with Crippen molar-refractivity contribution < 1.29 is 18.9 Å². The maximum Gasteiger partial charge on any atom is 0.373 e. The summed E-state index contributed by atoms with van der Waals surface area (Å²) in [7, 11) is 1.25. The minimum Gasteiger partial charge on any atom is -0.463 e. The molecule has 0 aliphatic heterocycles. The van der Waals surface area contributed by atoms with Gasteiger partial charge in [-0.05, 0) is 19.1 Å². The van der Waals surface area contributed by atoms with Crippen LogP contribution in [0.15, 0.2) is 34.7 Å².